The average molecular weight is 472 g/mol. The molecule has 0 saturated carbocycles. The number of primary amides is 1. The van der Waals surface area contributed by atoms with Gasteiger partial charge in [-0.15, -0.1) is 11.3 Å². The topological polar surface area (TPSA) is 111 Å². The molecule has 3 aromatic heterocycles. The minimum absolute atomic E-state index is 0.136. The van der Waals surface area contributed by atoms with Gasteiger partial charge in [0, 0.05) is 16.0 Å². The molecule has 11 heteroatoms. The maximum Gasteiger partial charge on any atom is 0.232 e. The second kappa shape index (κ2) is 8.42. The Balaban J connectivity index is 1.61. The number of carbonyl (C=O) groups excluding carboxylic acids is 2. The molecule has 1 atom stereocenters. The number of hydrogen-bond donors (Lipinski definition) is 2. The molecule has 3 N–H and O–H groups in total. The largest absolute Gasteiger partial charge is 0.369 e. The minimum atomic E-state index is -0.358. The van der Waals surface area contributed by atoms with Crippen LogP contribution in [0.4, 0.5) is 5.13 Å². The van der Waals surface area contributed by atoms with Gasteiger partial charge in [0.25, 0.3) is 0 Å². The number of nitrogens with zero attached hydrogens (tertiary/aromatic N) is 3. The molecule has 0 aliphatic carbocycles. The van der Waals surface area contributed by atoms with Crippen molar-refractivity contribution in [2.75, 3.05) is 5.32 Å². The highest BCUT2D eigenvalue weighted by atomic mass is 79.9. The number of halogens is 1. The quantitative estimate of drug-likeness (QED) is 0.510. The second-order valence-electron chi connectivity index (χ2n) is 5.24. The summed E-state index contributed by atoms with van der Waals surface area (Å²) in [7, 11) is 0. The van der Waals surface area contributed by atoms with E-state index in [0.29, 0.717) is 17.2 Å². The average Bonchev–Trinajstić information content (AvgIpc) is 3.17. The lowest BCUT2D eigenvalue weighted by molar-refractivity contribution is -0.117. The zero-order valence-electron chi connectivity index (χ0n) is 13.6. The van der Waals surface area contributed by atoms with E-state index in [1.165, 1.54) is 34.4 Å². The highest BCUT2D eigenvalue weighted by Crippen LogP contribution is 2.29. The summed E-state index contributed by atoms with van der Waals surface area (Å²) >= 11 is 7.39. The van der Waals surface area contributed by atoms with E-state index >= 15 is 0 Å². The molecule has 3 rings (SSSR count). The van der Waals surface area contributed by atoms with Crippen LogP contribution in [-0.4, -0.2) is 32.0 Å². The molecule has 0 radical (unpaired) electrons. The Kier molecular flexibility index (Phi) is 6.22. The van der Waals surface area contributed by atoms with Crippen molar-refractivity contribution >= 4 is 77.7 Å². The van der Waals surface area contributed by atoms with Crippen LogP contribution in [0.3, 0.4) is 0 Å². The molecular weight excluding hydrogens is 458 g/mol. The first-order chi connectivity index (χ1) is 12.4. The van der Waals surface area contributed by atoms with Crippen molar-refractivity contribution in [1.29, 1.82) is 0 Å². The van der Waals surface area contributed by atoms with E-state index in [1.54, 1.807) is 6.20 Å². The molecule has 26 heavy (non-hydrogen) atoms. The molecule has 0 fully saturated rings. The first-order valence-electron chi connectivity index (χ1n) is 7.57. The number of fused-ring (bicyclic) bond motifs is 1. The van der Waals surface area contributed by atoms with Gasteiger partial charge in [-0.3, -0.25) is 9.59 Å². The van der Waals surface area contributed by atoms with Gasteiger partial charge in [0.15, 0.2) is 9.47 Å². The van der Waals surface area contributed by atoms with E-state index in [9.17, 15) is 9.59 Å². The smallest absolute Gasteiger partial charge is 0.232 e. The predicted molar refractivity (Wildman–Crippen MR) is 109 cm³/mol. The molecule has 3 aromatic rings. The van der Waals surface area contributed by atoms with Gasteiger partial charge in [0.1, 0.15) is 10.3 Å². The van der Waals surface area contributed by atoms with E-state index in [2.05, 4.69) is 36.2 Å². The van der Waals surface area contributed by atoms with Gasteiger partial charge in [-0.05, 0) is 28.4 Å². The van der Waals surface area contributed by atoms with Crippen LogP contribution in [0.1, 0.15) is 19.0 Å². The van der Waals surface area contributed by atoms with Crippen LogP contribution in [0, 0.1) is 0 Å². The summed E-state index contributed by atoms with van der Waals surface area (Å²) in [6.45, 7) is 1.90. The van der Waals surface area contributed by atoms with Gasteiger partial charge in [-0.1, -0.05) is 30.0 Å². The standard InChI is InChI=1S/C15H14BrN5O2S3/c1-2-10(12(17)23)25-15-19-8(6-24-15)4-11(22)21-14-20-9-3-7(16)5-18-13(9)26-14/h3,5-6,10H,2,4H2,1H3,(H2,17,23)(H,20,21,22). The summed E-state index contributed by atoms with van der Waals surface area (Å²) in [5.74, 6) is -0.560. The molecule has 0 spiro atoms. The number of aromatic nitrogens is 3. The van der Waals surface area contributed by atoms with Gasteiger partial charge < -0.3 is 11.1 Å². The third-order valence-corrected chi connectivity index (χ3v) is 7.00. The number of rotatable bonds is 7. The molecule has 136 valence electrons. The van der Waals surface area contributed by atoms with Crippen LogP contribution < -0.4 is 11.1 Å². The Morgan fingerprint density at radius 1 is 1.42 bits per heavy atom. The highest BCUT2D eigenvalue weighted by Gasteiger charge is 2.17. The van der Waals surface area contributed by atoms with Crippen molar-refractivity contribution in [2.45, 2.75) is 29.4 Å². The van der Waals surface area contributed by atoms with Crippen LogP contribution >= 0.6 is 50.4 Å². The Morgan fingerprint density at radius 3 is 2.96 bits per heavy atom. The lowest BCUT2D eigenvalue weighted by Gasteiger charge is -2.06. The number of carbonyl (C=O) groups is 2. The summed E-state index contributed by atoms with van der Waals surface area (Å²) in [5, 5.41) is 4.78. The summed E-state index contributed by atoms with van der Waals surface area (Å²) in [5.41, 5.74) is 6.72. The first-order valence-corrected chi connectivity index (χ1v) is 10.9. The number of hydrogen-bond acceptors (Lipinski definition) is 8. The van der Waals surface area contributed by atoms with Gasteiger partial charge in [-0.2, -0.15) is 0 Å². The third-order valence-electron chi connectivity index (χ3n) is 3.26. The molecule has 0 aliphatic rings. The normalized spacial score (nSPS) is 12.2. The Hall–Kier alpha value is -1.56. The number of thioether (sulfide) groups is 1. The zero-order valence-corrected chi connectivity index (χ0v) is 17.6. The number of nitrogens with one attached hydrogen (secondary N) is 1. The second-order valence-corrected chi connectivity index (χ2v) is 9.44. The van der Waals surface area contributed by atoms with Gasteiger partial charge >= 0.3 is 0 Å². The highest BCUT2D eigenvalue weighted by molar-refractivity contribution is 9.10. The van der Waals surface area contributed by atoms with Crippen molar-refractivity contribution in [1.82, 2.24) is 15.0 Å². The van der Waals surface area contributed by atoms with Crippen LogP contribution in [0.2, 0.25) is 0 Å². The van der Waals surface area contributed by atoms with Crippen LogP contribution in [0.5, 0.6) is 0 Å². The fourth-order valence-corrected chi connectivity index (χ4v) is 5.15. The number of pyridine rings is 1. The van der Waals surface area contributed by atoms with E-state index < -0.39 is 0 Å². The fourth-order valence-electron chi connectivity index (χ4n) is 2.07. The SMILES string of the molecule is CCC(Sc1nc(CC(=O)Nc2nc3cc(Br)cnc3s2)cs1)C(N)=O. The Morgan fingerprint density at radius 2 is 2.23 bits per heavy atom. The van der Waals surface area contributed by atoms with E-state index in [-0.39, 0.29) is 23.5 Å². The first kappa shape index (κ1) is 19.2. The summed E-state index contributed by atoms with van der Waals surface area (Å²) in [6, 6.07) is 1.85. The lowest BCUT2D eigenvalue weighted by Crippen LogP contribution is -2.24. The monoisotopic (exact) mass is 471 g/mol. The molecule has 2 amide bonds. The number of nitrogens with two attached hydrogens (primary N) is 1. The van der Waals surface area contributed by atoms with Crippen molar-refractivity contribution in [3.05, 3.63) is 27.8 Å². The molecular formula is C15H14BrN5O2S3. The molecule has 0 bridgehead atoms. The van der Waals surface area contributed by atoms with Crippen LogP contribution in [-0.2, 0) is 16.0 Å². The number of thiazole rings is 2. The number of anilines is 1. The van der Waals surface area contributed by atoms with Crippen molar-refractivity contribution in [3.8, 4) is 0 Å². The van der Waals surface area contributed by atoms with Crippen LogP contribution in [0.25, 0.3) is 10.3 Å². The minimum Gasteiger partial charge on any atom is -0.369 e. The van der Waals surface area contributed by atoms with Gasteiger partial charge in [0.05, 0.1) is 17.4 Å². The van der Waals surface area contributed by atoms with E-state index in [1.807, 2.05) is 18.4 Å². The molecule has 0 aromatic carbocycles. The Bertz CT molecular complexity index is 958. The Labute approximate surface area is 170 Å². The molecule has 3 heterocycles. The lowest BCUT2D eigenvalue weighted by atomic mass is 10.3. The maximum atomic E-state index is 12.2. The fraction of sp³-hybridized carbons (Fsp3) is 0.267. The molecule has 7 nitrogen and oxygen atoms in total. The van der Waals surface area contributed by atoms with Crippen LogP contribution in [0.15, 0.2) is 26.5 Å². The molecule has 0 aliphatic heterocycles. The summed E-state index contributed by atoms with van der Waals surface area (Å²) in [6.07, 6.45) is 2.46. The third kappa shape index (κ3) is 4.78. The van der Waals surface area contributed by atoms with Gasteiger partial charge in [-0.25, -0.2) is 15.0 Å². The molecule has 0 saturated heterocycles. The van der Waals surface area contributed by atoms with Crippen molar-refractivity contribution in [2.24, 2.45) is 5.73 Å². The van der Waals surface area contributed by atoms with Crippen molar-refractivity contribution < 1.29 is 9.59 Å². The maximum absolute atomic E-state index is 12.2. The number of amides is 2. The van der Waals surface area contributed by atoms with Gasteiger partial charge in [0.2, 0.25) is 11.8 Å². The summed E-state index contributed by atoms with van der Waals surface area (Å²) in [4.78, 5) is 37.3. The van der Waals surface area contributed by atoms with Crippen molar-refractivity contribution in [3.63, 3.8) is 0 Å². The zero-order chi connectivity index (χ0) is 18.7. The summed E-state index contributed by atoms with van der Waals surface area (Å²) < 4.78 is 1.56. The van der Waals surface area contributed by atoms with E-state index in [4.69, 9.17) is 5.73 Å². The predicted octanol–water partition coefficient (Wildman–Crippen LogP) is 3.45. The van der Waals surface area contributed by atoms with E-state index in [0.717, 1.165) is 19.2 Å². The molecule has 1 unspecified atom stereocenters.